The van der Waals surface area contributed by atoms with Crippen molar-refractivity contribution < 1.29 is 14.6 Å². The fraction of sp³-hybridized carbons (Fsp3) is 0. The van der Waals surface area contributed by atoms with Crippen molar-refractivity contribution in [1.82, 2.24) is 0 Å². The van der Waals surface area contributed by atoms with E-state index in [0.29, 0.717) is 23.0 Å². The summed E-state index contributed by atoms with van der Waals surface area (Å²) in [5, 5.41) is 9.62. The maximum Gasteiger partial charge on any atom is 0.192 e. The van der Waals surface area contributed by atoms with Gasteiger partial charge in [-0.3, -0.25) is 0 Å². The zero-order chi connectivity index (χ0) is 11.1. The summed E-state index contributed by atoms with van der Waals surface area (Å²) in [6, 6.07) is 10.4. The fourth-order valence-corrected chi connectivity index (χ4v) is 1.75. The summed E-state index contributed by atoms with van der Waals surface area (Å²) in [6.07, 6.45) is 0. The standard InChI is InChI=1S/C12H7ClO3/c13-11-7(14)5-6-10-12(11)16-9-4-2-1-3-8(9)15-10/h1-6,14H. The average Bonchev–Trinajstić information content (AvgIpc) is 2.32. The van der Waals surface area contributed by atoms with E-state index in [-0.39, 0.29) is 10.8 Å². The minimum atomic E-state index is -0.0246. The summed E-state index contributed by atoms with van der Waals surface area (Å²) >= 11 is 5.92. The average molecular weight is 235 g/mol. The molecule has 3 rings (SSSR count). The molecule has 0 radical (unpaired) electrons. The molecule has 1 aliphatic rings. The number of phenolic OH excluding ortho intramolecular Hbond substituents is 1. The van der Waals surface area contributed by atoms with Gasteiger partial charge in [0.05, 0.1) is 0 Å². The lowest BCUT2D eigenvalue weighted by atomic mass is 10.2. The molecule has 0 aliphatic carbocycles. The van der Waals surface area contributed by atoms with Gasteiger partial charge in [0.25, 0.3) is 0 Å². The minimum absolute atomic E-state index is 0.0246. The number of para-hydroxylation sites is 2. The largest absolute Gasteiger partial charge is 0.506 e. The Balaban J connectivity index is 2.16. The molecule has 16 heavy (non-hydrogen) atoms. The lowest BCUT2D eigenvalue weighted by Crippen LogP contribution is -1.98. The first-order chi connectivity index (χ1) is 7.75. The van der Waals surface area contributed by atoms with Crippen LogP contribution in [0.3, 0.4) is 0 Å². The Morgan fingerprint density at radius 3 is 2.31 bits per heavy atom. The zero-order valence-electron chi connectivity index (χ0n) is 8.11. The van der Waals surface area contributed by atoms with Crippen LogP contribution in [-0.2, 0) is 0 Å². The van der Waals surface area contributed by atoms with Crippen LogP contribution in [0.4, 0.5) is 0 Å². The number of phenols is 1. The molecule has 0 bridgehead atoms. The van der Waals surface area contributed by atoms with E-state index in [0.717, 1.165) is 0 Å². The smallest absolute Gasteiger partial charge is 0.192 e. The summed E-state index contributed by atoms with van der Waals surface area (Å²) in [6.45, 7) is 0. The van der Waals surface area contributed by atoms with Gasteiger partial charge in [-0.05, 0) is 24.3 Å². The van der Waals surface area contributed by atoms with E-state index < -0.39 is 0 Å². The number of ether oxygens (including phenoxy) is 2. The Morgan fingerprint density at radius 1 is 0.875 bits per heavy atom. The molecular formula is C12H7ClO3. The normalized spacial score (nSPS) is 12.1. The lowest BCUT2D eigenvalue weighted by molar-refractivity contribution is 0.356. The molecule has 2 aromatic carbocycles. The first-order valence-corrected chi connectivity index (χ1v) is 5.10. The maximum absolute atomic E-state index is 9.46. The number of rotatable bonds is 0. The number of aromatic hydroxyl groups is 1. The predicted octanol–water partition coefficient (Wildman–Crippen LogP) is 3.94. The molecule has 0 unspecified atom stereocenters. The quantitative estimate of drug-likeness (QED) is 0.640. The number of fused-ring (bicyclic) bond motifs is 2. The molecule has 0 aromatic heterocycles. The van der Waals surface area contributed by atoms with Crippen molar-refractivity contribution in [3.63, 3.8) is 0 Å². The minimum Gasteiger partial charge on any atom is -0.506 e. The number of hydrogen-bond donors (Lipinski definition) is 1. The van der Waals surface area contributed by atoms with Crippen LogP contribution >= 0.6 is 11.6 Å². The summed E-state index contributed by atoms with van der Waals surface area (Å²) in [5.74, 6) is 2.05. The summed E-state index contributed by atoms with van der Waals surface area (Å²) in [5.41, 5.74) is 0. The monoisotopic (exact) mass is 234 g/mol. The molecule has 0 spiro atoms. The van der Waals surface area contributed by atoms with Crippen LogP contribution in [0.2, 0.25) is 5.02 Å². The molecule has 0 saturated carbocycles. The molecule has 0 saturated heterocycles. The van der Waals surface area contributed by atoms with Crippen molar-refractivity contribution in [2.75, 3.05) is 0 Å². The highest BCUT2D eigenvalue weighted by Crippen LogP contribution is 2.50. The molecule has 80 valence electrons. The lowest BCUT2D eigenvalue weighted by Gasteiger charge is -2.21. The third-order valence-electron chi connectivity index (χ3n) is 2.32. The van der Waals surface area contributed by atoms with Gasteiger partial charge in [-0.25, -0.2) is 0 Å². The van der Waals surface area contributed by atoms with E-state index in [1.54, 1.807) is 18.2 Å². The van der Waals surface area contributed by atoms with Crippen LogP contribution in [0.5, 0.6) is 28.7 Å². The summed E-state index contributed by atoms with van der Waals surface area (Å²) < 4.78 is 11.2. The Morgan fingerprint density at radius 2 is 1.56 bits per heavy atom. The second-order valence-corrected chi connectivity index (χ2v) is 3.75. The van der Waals surface area contributed by atoms with Gasteiger partial charge in [0.1, 0.15) is 10.8 Å². The highest BCUT2D eigenvalue weighted by atomic mass is 35.5. The van der Waals surface area contributed by atoms with Crippen LogP contribution in [0, 0.1) is 0 Å². The molecule has 1 aliphatic heterocycles. The van der Waals surface area contributed by atoms with E-state index in [9.17, 15) is 5.11 Å². The van der Waals surface area contributed by atoms with E-state index in [1.165, 1.54) is 6.07 Å². The first kappa shape index (κ1) is 9.36. The summed E-state index contributed by atoms with van der Waals surface area (Å²) in [4.78, 5) is 0. The van der Waals surface area contributed by atoms with Gasteiger partial charge >= 0.3 is 0 Å². The van der Waals surface area contributed by atoms with Crippen molar-refractivity contribution in [1.29, 1.82) is 0 Å². The molecule has 2 aromatic rings. The topological polar surface area (TPSA) is 38.7 Å². The van der Waals surface area contributed by atoms with E-state index in [4.69, 9.17) is 21.1 Å². The molecule has 4 heteroatoms. The maximum atomic E-state index is 9.46. The Bertz CT molecular complexity index is 566. The first-order valence-electron chi connectivity index (χ1n) is 4.72. The van der Waals surface area contributed by atoms with Crippen LogP contribution < -0.4 is 9.47 Å². The van der Waals surface area contributed by atoms with Crippen molar-refractivity contribution in [3.05, 3.63) is 41.4 Å². The van der Waals surface area contributed by atoms with Crippen LogP contribution in [0.1, 0.15) is 0 Å². The van der Waals surface area contributed by atoms with Gasteiger partial charge in [-0.15, -0.1) is 0 Å². The van der Waals surface area contributed by atoms with E-state index in [1.807, 2.05) is 12.1 Å². The van der Waals surface area contributed by atoms with E-state index >= 15 is 0 Å². The second kappa shape index (κ2) is 3.32. The summed E-state index contributed by atoms with van der Waals surface area (Å²) in [7, 11) is 0. The molecule has 3 nitrogen and oxygen atoms in total. The highest BCUT2D eigenvalue weighted by molar-refractivity contribution is 6.33. The van der Waals surface area contributed by atoms with Gasteiger partial charge in [0.2, 0.25) is 0 Å². The van der Waals surface area contributed by atoms with Gasteiger partial charge in [0.15, 0.2) is 23.0 Å². The second-order valence-electron chi connectivity index (χ2n) is 3.38. The van der Waals surface area contributed by atoms with Crippen molar-refractivity contribution in [2.45, 2.75) is 0 Å². The number of benzene rings is 2. The van der Waals surface area contributed by atoms with Gasteiger partial charge in [-0.2, -0.15) is 0 Å². The predicted molar refractivity (Wildman–Crippen MR) is 59.7 cm³/mol. The highest BCUT2D eigenvalue weighted by Gasteiger charge is 2.22. The molecule has 0 fully saturated rings. The molecular weight excluding hydrogens is 228 g/mol. The molecule has 0 amide bonds. The third-order valence-corrected chi connectivity index (χ3v) is 2.69. The SMILES string of the molecule is Oc1ccc2c(c1Cl)Oc1ccccc1O2. The van der Waals surface area contributed by atoms with Crippen molar-refractivity contribution >= 4 is 11.6 Å². The Labute approximate surface area is 96.8 Å². The van der Waals surface area contributed by atoms with Crippen LogP contribution in [0.15, 0.2) is 36.4 Å². The van der Waals surface area contributed by atoms with Gasteiger partial charge in [-0.1, -0.05) is 23.7 Å². The van der Waals surface area contributed by atoms with Crippen LogP contribution in [0.25, 0.3) is 0 Å². The third kappa shape index (κ3) is 1.29. The van der Waals surface area contributed by atoms with E-state index in [2.05, 4.69) is 0 Å². The van der Waals surface area contributed by atoms with Gasteiger partial charge < -0.3 is 14.6 Å². The molecule has 1 heterocycles. The number of hydrogen-bond acceptors (Lipinski definition) is 3. The molecule has 0 atom stereocenters. The van der Waals surface area contributed by atoms with Crippen molar-refractivity contribution in [2.24, 2.45) is 0 Å². The Kier molecular flexibility index (Phi) is 1.94. The zero-order valence-corrected chi connectivity index (χ0v) is 8.86. The number of halogens is 1. The Hall–Kier alpha value is -1.87. The molecule has 1 N–H and O–H groups in total. The van der Waals surface area contributed by atoms with Crippen molar-refractivity contribution in [3.8, 4) is 28.7 Å². The fourth-order valence-electron chi connectivity index (χ4n) is 1.55. The van der Waals surface area contributed by atoms with Crippen LogP contribution in [-0.4, -0.2) is 5.11 Å². The van der Waals surface area contributed by atoms with Gasteiger partial charge in [0, 0.05) is 0 Å².